The average Bonchev–Trinajstić information content (AvgIpc) is 1.38. The first-order valence-electron chi connectivity index (χ1n) is 1.91. The Labute approximate surface area is 32.8 Å². The van der Waals surface area contributed by atoms with Crippen LogP contribution in [0, 0.1) is 0 Å². The van der Waals surface area contributed by atoms with E-state index in [9.17, 15) is 4.39 Å². The van der Waals surface area contributed by atoms with Crippen molar-refractivity contribution in [2.75, 3.05) is 0 Å². The second-order valence-electron chi connectivity index (χ2n) is 1.19. The lowest BCUT2D eigenvalue weighted by Crippen LogP contribution is -1.92. The molecule has 30 valence electrons. The summed E-state index contributed by atoms with van der Waals surface area (Å²) in [6.45, 7) is 1.82. The normalized spacial score (nSPS) is 14.8. The second kappa shape index (κ2) is 2.25. The zero-order valence-electron chi connectivity index (χ0n) is 3.66. The smallest absolute Gasteiger partial charge is 0.146 e. The topological polar surface area (TPSA) is 0 Å². The molecule has 0 aliphatic carbocycles. The average molecular weight is 73.9 g/mol. The van der Waals surface area contributed by atoms with Crippen molar-refractivity contribution >= 4 is 7.85 Å². The van der Waals surface area contributed by atoms with Crippen molar-refractivity contribution in [1.82, 2.24) is 0 Å². The van der Waals surface area contributed by atoms with E-state index in [1.165, 1.54) is 0 Å². The van der Waals surface area contributed by atoms with E-state index in [1.807, 2.05) is 6.92 Å². The van der Waals surface area contributed by atoms with Crippen LogP contribution in [-0.4, -0.2) is 13.9 Å². The summed E-state index contributed by atoms with van der Waals surface area (Å²) in [6.07, 6.45) is 0.0231. The maximum Gasteiger partial charge on any atom is 0.146 e. The summed E-state index contributed by atoms with van der Waals surface area (Å²) in [6, 6.07) is 0. The van der Waals surface area contributed by atoms with Crippen LogP contribution in [0.5, 0.6) is 0 Å². The van der Waals surface area contributed by atoms with Gasteiger partial charge in [-0.25, -0.2) is 0 Å². The van der Waals surface area contributed by atoms with Crippen molar-refractivity contribution in [2.45, 2.75) is 19.4 Å². The third-order valence-electron chi connectivity index (χ3n) is 0.563. The van der Waals surface area contributed by atoms with E-state index in [0.717, 1.165) is 0 Å². The van der Waals surface area contributed by atoms with Crippen LogP contribution < -0.4 is 0 Å². The molecule has 1 unspecified atom stereocenters. The van der Waals surface area contributed by atoms with Crippen molar-refractivity contribution in [2.24, 2.45) is 0 Å². The lowest BCUT2D eigenvalue weighted by molar-refractivity contribution is 0.433. The van der Waals surface area contributed by atoms with Gasteiger partial charge < -0.3 is 0 Å². The Bertz CT molecular complexity index is 20.9. The van der Waals surface area contributed by atoms with E-state index < -0.39 is 6.07 Å². The molecule has 0 rings (SSSR count). The van der Waals surface area contributed by atoms with Gasteiger partial charge in [0.25, 0.3) is 0 Å². The fourth-order valence-electron chi connectivity index (χ4n) is 0. The molecule has 0 amide bonds. The molecule has 0 spiro atoms. The van der Waals surface area contributed by atoms with Crippen molar-refractivity contribution in [3.63, 3.8) is 0 Å². The van der Waals surface area contributed by atoms with Gasteiger partial charge in [0.2, 0.25) is 0 Å². The first-order valence-corrected chi connectivity index (χ1v) is 1.91. The summed E-state index contributed by atoms with van der Waals surface area (Å²) in [5.41, 5.74) is 0. The van der Waals surface area contributed by atoms with Crippen LogP contribution in [-0.2, 0) is 0 Å². The standard InChI is InChI=1S/C3H8BF/c1-2-3(4)5/h3H,2,4H2,1H3. The molecule has 0 N–H and O–H groups in total. The molecular weight excluding hydrogens is 65.8 g/mol. The third-order valence-corrected chi connectivity index (χ3v) is 0.563. The fraction of sp³-hybridized carbons (Fsp3) is 1.00. The molecule has 5 heavy (non-hydrogen) atoms. The molecule has 0 saturated carbocycles. The van der Waals surface area contributed by atoms with Crippen LogP contribution >= 0.6 is 0 Å². The Balaban J connectivity index is 2.54. The SMILES string of the molecule is BC(F)CC. The maximum absolute atomic E-state index is 11.4. The van der Waals surface area contributed by atoms with Crippen LogP contribution in [0.1, 0.15) is 13.3 Å². The first-order chi connectivity index (χ1) is 2.27. The molecule has 0 aromatic rings. The number of rotatable bonds is 1. The number of halogens is 1. The minimum Gasteiger partial charge on any atom is -0.258 e. The minimum absolute atomic E-state index is 0.616. The minimum atomic E-state index is -0.616. The Morgan fingerprint density at radius 3 is 2.20 bits per heavy atom. The molecule has 1 atom stereocenters. The Morgan fingerprint density at radius 2 is 2.20 bits per heavy atom. The van der Waals surface area contributed by atoms with Gasteiger partial charge >= 0.3 is 0 Å². The Kier molecular flexibility index (Phi) is 2.24. The molecule has 0 aromatic carbocycles. The van der Waals surface area contributed by atoms with Gasteiger partial charge in [0.1, 0.15) is 7.85 Å². The molecule has 2 heteroatoms. The van der Waals surface area contributed by atoms with Gasteiger partial charge in [-0.15, -0.1) is 0 Å². The number of alkyl halides is 1. The molecule has 0 saturated heterocycles. The lowest BCUT2D eigenvalue weighted by atomic mass is 10.0. The van der Waals surface area contributed by atoms with Gasteiger partial charge in [-0.05, 0) is 6.42 Å². The highest BCUT2D eigenvalue weighted by Crippen LogP contribution is 1.85. The largest absolute Gasteiger partial charge is 0.258 e. The molecule has 0 radical (unpaired) electrons. The highest BCUT2D eigenvalue weighted by atomic mass is 19.1. The summed E-state index contributed by atoms with van der Waals surface area (Å²) in [4.78, 5) is 0. The lowest BCUT2D eigenvalue weighted by Gasteiger charge is -1.85. The van der Waals surface area contributed by atoms with Gasteiger partial charge in [-0.2, -0.15) is 0 Å². The van der Waals surface area contributed by atoms with Gasteiger partial charge in [0.15, 0.2) is 0 Å². The predicted octanol–water partition coefficient (Wildman–Crippen LogP) is 0.325. The quantitative estimate of drug-likeness (QED) is 0.393. The van der Waals surface area contributed by atoms with Crippen LogP contribution in [0.25, 0.3) is 0 Å². The Hall–Kier alpha value is -0.00506. The van der Waals surface area contributed by atoms with E-state index >= 15 is 0 Å². The Morgan fingerprint density at radius 1 is 2.00 bits per heavy atom. The molecule has 0 aliphatic rings. The first kappa shape index (κ1) is 4.99. The molecule has 0 bridgehead atoms. The van der Waals surface area contributed by atoms with Gasteiger partial charge in [0.05, 0.1) is 6.07 Å². The van der Waals surface area contributed by atoms with Gasteiger partial charge in [-0.1, -0.05) is 6.92 Å². The van der Waals surface area contributed by atoms with E-state index in [2.05, 4.69) is 0 Å². The van der Waals surface area contributed by atoms with Gasteiger partial charge in [-0.3, -0.25) is 4.39 Å². The zero-order chi connectivity index (χ0) is 4.28. The molecule has 0 aromatic heterocycles. The molecule has 0 fully saturated rings. The van der Waals surface area contributed by atoms with E-state index in [0.29, 0.717) is 6.42 Å². The zero-order valence-corrected chi connectivity index (χ0v) is 3.66. The fourth-order valence-corrected chi connectivity index (χ4v) is 0. The van der Waals surface area contributed by atoms with E-state index in [1.54, 1.807) is 7.85 Å². The second-order valence-corrected chi connectivity index (χ2v) is 1.19. The van der Waals surface area contributed by atoms with Crippen LogP contribution in [0.3, 0.4) is 0 Å². The molecule has 0 aliphatic heterocycles. The van der Waals surface area contributed by atoms with Crippen LogP contribution in [0.4, 0.5) is 4.39 Å². The molecule has 0 heterocycles. The number of hydrogen-bond donors (Lipinski definition) is 0. The van der Waals surface area contributed by atoms with E-state index in [4.69, 9.17) is 0 Å². The van der Waals surface area contributed by atoms with Crippen LogP contribution in [0.2, 0.25) is 0 Å². The summed E-state index contributed by atoms with van der Waals surface area (Å²) < 4.78 is 11.4. The maximum atomic E-state index is 11.4. The van der Waals surface area contributed by atoms with Crippen molar-refractivity contribution in [3.8, 4) is 0 Å². The summed E-state index contributed by atoms with van der Waals surface area (Å²) in [7, 11) is 1.56. The van der Waals surface area contributed by atoms with Crippen molar-refractivity contribution in [1.29, 1.82) is 0 Å². The predicted molar refractivity (Wildman–Crippen MR) is 23.7 cm³/mol. The van der Waals surface area contributed by atoms with Crippen LogP contribution in [0.15, 0.2) is 0 Å². The highest BCUT2D eigenvalue weighted by Gasteiger charge is 1.86. The van der Waals surface area contributed by atoms with Gasteiger partial charge in [0, 0.05) is 0 Å². The highest BCUT2D eigenvalue weighted by molar-refractivity contribution is 6.10. The summed E-state index contributed by atoms with van der Waals surface area (Å²) >= 11 is 0. The summed E-state index contributed by atoms with van der Waals surface area (Å²) in [5, 5.41) is 0. The summed E-state index contributed by atoms with van der Waals surface area (Å²) in [5.74, 6) is 0. The number of hydrogen-bond acceptors (Lipinski definition) is 0. The third kappa shape index (κ3) is 3.99. The monoisotopic (exact) mass is 74.1 g/mol. The van der Waals surface area contributed by atoms with Crippen molar-refractivity contribution in [3.05, 3.63) is 0 Å². The molecular formula is C3H8BF. The molecule has 0 nitrogen and oxygen atoms in total. The van der Waals surface area contributed by atoms with E-state index in [-0.39, 0.29) is 0 Å². The van der Waals surface area contributed by atoms with Crippen molar-refractivity contribution < 1.29 is 4.39 Å².